The lowest BCUT2D eigenvalue weighted by molar-refractivity contribution is 0.0949. The van der Waals surface area contributed by atoms with E-state index in [1.165, 1.54) is 0 Å². The van der Waals surface area contributed by atoms with Crippen molar-refractivity contribution in [1.29, 1.82) is 0 Å². The Hall–Kier alpha value is -3.19. The average Bonchev–Trinajstić information content (AvgIpc) is 3.44. The molecule has 0 radical (unpaired) electrons. The molecule has 0 saturated heterocycles. The van der Waals surface area contributed by atoms with Gasteiger partial charge in [0.05, 0.1) is 16.3 Å². The molecule has 7 heteroatoms. The van der Waals surface area contributed by atoms with Gasteiger partial charge in [-0.15, -0.1) is 11.3 Å². The number of nitrogens with one attached hydrogen (secondary N) is 2. The summed E-state index contributed by atoms with van der Waals surface area (Å²) in [6.07, 6.45) is 4.42. The van der Waals surface area contributed by atoms with Gasteiger partial charge in [0.1, 0.15) is 0 Å². The monoisotopic (exact) mass is 363 g/mol. The highest BCUT2D eigenvalue weighted by Gasteiger charge is 2.11. The molecule has 2 N–H and O–H groups in total. The Morgan fingerprint density at radius 1 is 1.19 bits per heavy atom. The van der Waals surface area contributed by atoms with E-state index in [1.54, 1.807) is 23.6 Å². The number of aromatic amines is 1. The van der Waals surface area contributed by atoms with Gasteiger partial charge in [0.15, 0.2) is 5.69 Å². The van der Waals surface area contributed by atoms with Crippen LogP contribution in [0.2, 0.25) is 0 Å². The molecule has 0 bridgehead atoms. The number of benzene rings is 1. The van der Waals surface area contributed by atoms with Gasteiger partial charge in [0.25, 0.3) is 5.91 Å². The number of H-pyrrole nitrogens is 1. The Bertz CT molecular complexity index is 972. The zero-order valence-corrected chi connectivity index (χ0v) is 14.7. The number of amides is 1. The largest absolute Gasteiger partial charge is 0.350 e. The number of aromatic nitrogens is 4. The van der Waals surface area contributed by atoms with E-state index >= 15 is 0 Å². The predicted molar refractivity (Wildman–Crippen MR) is 102 cm³/mol. The van der Waals surface area contributed by atoms with Crippen molar-refractivity contribution in [2.75, 3.05) is 6.54 Å². The molecule has 0 aliphatic rings. The molecule has 6 nitrogen and oxygen atoms in total. The zero-order valence-electron chi connectivity index (χ0n) is 13.9. The topological polar surface area (TPSA) is 75.6 Å². The van der Waals surface area contributed by atoms with Crippen molar-refractivity contribution in [2.45, 2.75) is 6.42 Å². The van der Waals surface area contributed by atoms with Crippen molar-refractivity contribution < 1.29 is 4.79 Å². The summed E-state index contributed by atoms with van der Waals surface area (Å²) in [7, 11) is 0. The number of hydrogen-bond acceptors (Lipinski definition) is 4. The Morgan fingerprint density at radius 2 is 2.08 bits per heavy atom. The molecule has 3 heterocycles. The summed E-state index contributed by atoms with van der Waals surface area (Å²) in [6, 6.07) is 15.8. The molecule has 0 spiro atoms. The van der Waals surface area contributed by atoms with Gasteiger partial charge in [-0.3, -0.25) is 9.89 Å². The molecule has 4 rings (SSSR count). The Morgan fingerprint density at radius 3 is 2.81 bits per heavy atom. The van der Waals surface area contributed by atoms with Crippen molar-refractivity contribution in [3.8, 4) is 16.3 Å². The van der Waals surface area contributed by atoms with Crippen molar-refractivity contribution in [3.63, 3.8) is 0 Å². The summed E-state index contributed by atoms with van der Waals surface area (Å²) in [5.41, 5.74) is 3.43. The van der Waals surface area contributed by atoms with E-state index in [1.807, 2.05) is 58.7 Å². The molecular formula is C19H17N5OS. The maximum absolute atomic E-state index is 12.2. The third kappa shape index (κ3) is 3.57. The fourth-order valence-electron chi connectivity index (χ4n) is 2.64. The highest BCUT2D eigenvalue weighted by Crippen LogP contribution is 2.22. The molecule has 0 unspecified atom stereocenters. The van der Waals surface area contributed by atoms with E-state index in [0.29, 0.717) is 12.2 Å². The highest BCUT2D eigenvalue weighted by molar-refractivity contribution is 7.13. The molecule has 0 atom stereocenters. The van der Waals surface area contributed by atoms with E-state index in [-0.39, 0.29) is 5.91 Å². The fraction of sp³-hybridized carbons (Fsp3) is 0.105. The van der Waals surface area contributed by atoms with Gasteiger partial charge < -0.3 is 5.32 Å². The van der Waals surface area contributed by atoms with Crippen LogP contribution in [0, 0.1) is 0 Å². The lowest BCUT2D eigenvalue weighted by Crippen LogP contribution is -2.26. The lowest BCUT2D eigenvalue weighted by atomic mass is 10.1. The standard InChI is InChI=1S/C19H17N5OS/c25-19(17-13-16(22-23-17)18-3-1-12-26-18)20-10-8-14-4-6-15(7-5-14)24-11-2-9-21-24/h1-7,9,11-13H,8,10H2,(H,20,25)(H,22,23). The van der Waals surface area contributed by atoms with E-state index in [0.717, 1.165) is 28.2 Å². The summed E-state index contributed by atoms with van der Waals surface area (Å²) in [6.45, 7) is 0.557. The third-order valence-electron chi connectivity index (χ3n) is 4.00. The number of hydrogen-bond donors (Lipinski definition) is 2. The zero-order chi connectivity index (χ0) is 17.8. The van der Waals surface area contributed by atoms with Gasteiger partial charge >= 0.3 is 0 Å². The Labute approximate surface area is 154 Å². The average molecular weight is 363 g/mol. The SMILES string of the molecule is O=C(NCCc1ccc(-n2cccn2)cc1)c1cc(-c2cccs2)[nH]n1. The molecule has 1 aromatic carbocycles. The molecule has 130 valence electrons. The van der Waals surface area contributed by atoms with Crippen molar-refractivity contribution in [3.05, 3.63) is 77.6 Å². The lowest BCUT2D eigenvalue weighted by Gasteiger charge is -2.05. The van der Waals surface area contributed by atoms with Crippen LogP contribution in [-0.2, 0) is 6.42 Å². The maximum atomic E-state index is 12.2. The van der Waals surface area contributed by atoms with Crippen LogP contribution in [0.4, 0.5) is 0 Å². The summed E-state index contributed by atoms with van der Waals surface area (Å²) in [5.74, 6) is -0.169. The third-order valence-corrected chi connectivity index (χ3v) is 4.90. The minimum absolute atomic E-state index is 0.169. The molecular weight excluding hydrogens is 346 g/mol. The molecule has 1 amide bonds. The summed E-state index contributed by atoms with van der Waals surface area (Å²) >= 11 is 1.61. The van der Waals surface area contributed by atoms with Gasteiger partial charge in [-0.2, -0.15) is 10.2 Å². The summed E-state index contributed by atoms with van der Waals surface area (Å²) in [5, 5.41) is 16.1. The molecule has 0 fully saturated rings. The van der Waals surface area contributed by atoms with Crippen LogP contribution in [0.25, 0.3) is 16.3 Å². The number of carbonyl (C=O) groups is 1. The minimum Gasteiger partial charge on any atom is -0.350 e. The van der Waals surface area contributed by atoms with Crippen molar-refractivity contribution >= 4 is 17.2 Å². The second-order valence-electron chi connectivity index (χ2n) is 5.77. The maximum Gasteiger partial charge on any atom is 0.271 e. The Kier molecular flexibility index (Phi) is 4.61. The molecule has 0 aliphatic carbocycles. The fourth-order valence-corrected chi connectivity index (χ4v) is 3.34. The van der Waals surface area contributed by atoms with Gasteiger partial charge in [0, 0.05) is 18.9 Å². The summed E-state index contributed by atoms with van der Waals surface area (Å²) in [4.78, 5) is 13.3. The molecule has 26 heavy (non-hydrogen) atoms. The van der Waals surface area contributed by atoms with Crippen molar-refractivity contribution in [1.82, 2.24) is 25.3 Å². The first-order valence-electron chi connectivity index (χ1n) is 8.26. The van der Waals surface area contributed by atoms with Crippen LogP contribution in [0.5, 0.6) is 0 Å². The van der Waals surface area contributed by atoms with Gasteiger partial charge in [-0.05, 0) is 47.7 Å². The van der Waals surface area contributed by atoms with Crippen LogP contribution in [-0.4, -0.2) is 32.4 Å². The first-order valence-corrected chi connectivity index (χ1v) is 9.14. The number of nitrogens with zero attached hydrogens (tertiary/aromatic N) is 3. The highest BCUT2D eigenvalue weighted by atomic mass is 32.1. The van der Waals surface area contributed by atoms with E-state index in [2.05, 4.69) is 20.6 Å². The van der Waals surface area contributed by atoms with Crippen LogP contribution in [0.15, 0.2) is 66.3 Å². The predicted octanol–water partition coefficient (Wildman–Crippen LogP) is 3.30. The van der Waals surface area contributed by atoms with Gasteiger partial charge in [-0.25, -0.2) is 4.68 Å². The molecule has 4 aromatic rings. The first kappa shape index (κ1) is 16.3. The van der Waals surface area contributed by atoms with E-state index in [9.17, 15) is 4.79 Å². The van der Waals surface area contributed by atoms with Crippen LogP contribution in [0.1, 0.15) is 16.1 Å². The smallest absolute Gasteiger partial charge is 0.271 e. The van der Waals surface area contributed by atoms with Gasteiger partial charge in [0.2, 0.25) is 0 Å². The molecule has 0 saturated carbocycles. The molecule has 3 aromatic heterocycles. The second-order valence-corrected chi connectivity index (χ2v) is 6.71. The number of carbonyl (C=O) groups excluding carboxylic acids is 1. The van der Waals surface area contributed by atoms with E-state index in [4.69, 9.17) is 0 Å². The number of rotatable bonds is 6. The van der Waals surface area contributed by atoms with E-state index < -0.39 is 0 Å². The Balaban J connectivity index is 1.31. The van der Waals surface area contributed by atoms with Gasteiger partial charge in [-0.1, -0.05) is 18.2 Å². The van der Waals surface area contributed by atoms with Crippen LogP contribution < -0.4 is 5.32 Å². The number of thiophene rings is 1. The second kappa shape index (κ2) is 7.37. The van der Waals surface area contributed by atoms with Crippen LogP contribution in [0.3, 0.4) is 0 Å². The van der Waals surface area contributed by atoms with Crippen molar-refractivity contribution in [2.24, 2.45) is 0 Å². The normalized spacial score (nSPS) is 10.8. The minimum atomic E-state index is -0.169. The van der Waals surface area contributed by atoms with Crippen LogP contribution >= 0.6 is 11.3 Å². The summed E-state index contributed by atoms with van der Waals surface area (Å²) < 4.78 is 1.81. The first-order chi connectivity index (χ1) is 12.8. The molecule has 0 aliphatic heterocycles. The quantitative estimate of drug-likeness (QED) is 0.552.